The van der Waals surface area contributed by atoms with Crippen LogP contribution in [0.2, 0.25) is 0 Å². The van der Waals surface area contributed by atoms with Gasteiger partial charge in [0, 0.05) is 18.5 Å². The third-order valence-corrected chi connectivity index (χ3v) is 3.90. The van der Waals surface area contributed by atoms with E-state index in [1.54, 1.807) is 0 Å². The summed E-state index contributed by atoms with van der Waals surface area (Å²) in [7, 11) is 0. The van der Waals surface area contributed by atoms with Gasteiger partial charge in [-0.15, -0.1) is 11.6 Å². The van der Waals surface area contributed by atoms with Gasteiger partial charge in [0.1, 0.15) is 0 Å². The molecule has 4 unspecified atom stereocenters. The van der Waals surface area contributed by atoms with Crippen molar-refractivity contribution >= 4 is 17.5 Å². The lowest BCUT2D eigenvalue weighted by molar-refractivity contribution is -0.127. The molecule has 3 nitrogen and oxygen atoms in total. The number of amides is 1. The lowest BCUT2D eigenvalue weighted by Crippen LogP contribution is -2.43. The highest BCUT2D eigenvalue weighted by Gasteiger charge is 2.33. The monoisotopic (exact) mass is 247 g/mol. The smallest absolute Gasteiger partial charge is 0.226 e. The van der Waals surface area contributed by atoms with E-state index in [4.69, 9.17) is 16.3 Å². The van der Waals surface area contributed by atoms with Crippen LogP contribution in [0.1, 0.15) is 33.6 Å². The molecule has 0 aromatic rings. The number of carbonyl (C=O) groups excluding carboxylic acids is 1. The Balaban J connectivity index is 2.45. The van der Waals surface area contributed by atoms with Gasteiger partial charge in [-0.3, -0.25) is 4.79 Å². The number of hydrogen-bond donors (Lipinski definition) is 1. The van der Waals surface area contributed by atoms with Crippen LogP contribution in [0.15, 0.2) is 0 Å². The first kappa shape index (κ1) is 13.8. The first-order valence-electron chi connectivity index (χ1n) is 6.08. The molecule has 0 saturated carbocycles. The Hall–Kier alpha value is -0.280. The number of nitrogens with one attached hydrogen (secondary N) is 1. The average Bonchev–Trinajstić information content (AvgIpc) is 2.75. The molecule has 0 radical (unpaired) electrons. The van der Waals surface area contributed by atoms with Gasteiger partial charge in [-0.1, -0.05) is 13.8 Å². The minimum Gasteiger partial charge on any atom is -0.377 e. The summed E-state index contributed by atoms with van der Waals surface area (Å²) in [4.78, 5) is 12.0. The maximum Gasteiger partial charge on any atom is 0.226 e. The molecule has 0 aromatic heterocycles. The highest BCUT2D eigenvalue weighted by Crippen LogP contribution is 2.23. The van der Waals surface area contributed by atoms with E-state index in [9.17, 15) is 4.79 Å². The molecule has 94 valence electrons. The third kappa shape index (κ3) is 3.36. The van der Waals surface area contributed by atoms with Crippen LogP contribution in [0, 0.1) is 11.8 Å². The van der Waals surface area contributed by atoms with E-state index in [-0.39, 0.29) is 24.0 Å². The van der Waals surface area contributed by atoms with E-state index in [1.807, 2.05) is 13.8 Å². The third-order valence-electron chi connectivity index (χ3n) is 3.42. The zero-order valence-electron chi connectivity index (χ0n) is 10.3. The van der Waals surface area contributed by atoms with E-state index < -0.39 is 0 Å². The van der Waals surface area contributed by atoms with Crippen molar-refractivity contribution in [2.75, 3.05) is 12.5 Å². The maximum atomic E-state index is 12.0. The fourth-order valence-electron chi connectivity index (χ4n) is 1.96. The molecule has 4 atom stereocenters. The standard InChI is InChI=1S/C12H22ClNO2/c1-4-11-10(5-6-16-11)12(15)14-9(3)8(2)7-13/h8-11H,4-7H2,1-3H3,(H,14,15). The zero-order chi connectivity index (χ0) is 12.1. The number of rotatable bonds is 5. The lowest BCUT2D eigenvalue weighted by Gasteiger charge is -2.23. The van der Waals surface area contributed by atoms with Gasteiger partial charge in [-0.05, 0) is 25.7 Å². The summed E-state index contributed by atoms with van der Waals surface area (Å²) in [5.74, 6) is 1.01. The SMILES string of the molecule is CCC1OCCC1C(=O)NC(C)C(C)CCl. The quantitative estimate of drug-likeness (QED) is 0.757. The summed E-state index contributed by atoms with van der Waals surface area (Å²) in [6, 6.07) is 0.128. The van der Waals surface area contributed by atoms with Crippen molar-refractivity contribution in [1.29, 1.82) is 0 Å². The van der Waals surface area contributed by atoms with Gasteiger partial charge in [0.25, 0.3) is 0 Å². The van der Waals surface area contributed by atoms with Crippen LogP contribution in [0.5, 0.6) is 0 Å². The largest absolute Gasteiger partial charge is 0.377 e. The second-order valence-corrected chi connectivity index (χ2v) is 4.95. The number of alkyl halides is 1. The molecule has 1 aliphatic heterocycles. The molecule has 0 aliphatic carbocycles. The van der Waals surface area contributed by atoms with E-state index in [0.29, 0.717) is 18.4 Å². The molecular weight excluding hydrogens is 226 g/mol. The van der Waals surface area contributed by atoms with Gasteiger partial charge >= 0.3 is 0 Å². The van der Waals surface area contributed by atoms with Crippen molar-refractivity contribution in [3.8, 4) is 0 Å². The molecule has 1 aliphatic rings. The topological polar surface area (TPSA) is 38.3 Å². The lowest BCUT2D eigenvalue weighted by atomic mass is 9.97. The summed E-state index contributed by atoms with van der Waals surface area (Å²) in [6.45, 7) is 6.80. The van der Waals surface area contributed by atoms with E-state index in [2.05, 4.69) is 12.2 Å². The van der Waals surface area contributed by atoms with Gasteiger partial charge in [-0.2, -0.15) is 0 Å². The first-order chi connectivity index (χ1) is 7.60. The molecular formula is C12H22ClNO2. The fourth-order valence-corrected chi connectivity index (χ4v) is 2.23. The number of hydrogen-bond acceptors (Lipinski definition) is 2. The molecule has 0 bridgehead atoms. The Bertz CT molecular complexity index is 235. The summed E-state index contributed by atoms with van der Waals surface area (Å²) >= 11 is 5.77. The Kier molecular flexibility index (Phi) is 5.56. The Morgan fingerprint density at radius 3 is 2.81 bits per heavy atom. The number of ether oxygens (including phenoxy) is 1. The normalized spacial score (nSPS) is 28.8. The average molecular weight is 248 g/mol. The van der Waals surface area contributed by atoms with Gasteiger partial charge in [0.15, 0.2) is 0 Å². The van der Waals surface area contributed by atoms with Crippen LogP contribution in [0.3, 0.4) is 0 Å². The predicted octanol–water partition coefficient (Wildman–Crippen LogP) is 2.18. The van der Waals surface area contributed by atoms with Crippen LogP contribution in [0.4, 0.5) is 0 Å². The highest BCUT2D eigenvalue weighted by atomic mass is 35.5. The van der Waals surface area contributed by atoms with Crippen molar-refractivity contribution in [1.82, 2.24) is 5.32 Å². The predicted molar refractivity (Wildman–Crippen MR) is 65.6 cm³/mol. The van der Waals surface area contributed by atoms with Gasteiger partial charge in [0.2, 0.25) is 5.91 Å². The van der Waals surface area contributed by atoms with Crippen LogP contribution >= 0.6 is 11.6 Å². The molecule has 4 heteroatoms. The Labute approximate surface area is 103 Å². The number of carbonyl (C=O) groups is 1. The Morgan fingerprint density at radius 1 is 1.56 bits per heavy atom. The molecule has 16 heavy (non-hydrogen) atoms. The van der Waals surface area contributed by atoms with Gasteiger partial charge < -0.3 is 10.1 Å². The molecule has 1 rings (SSSR count). The molecule has 1 fully saturated rings. The van der Waals surface area contributed by atoms with Crippen LogP contribution < -0.4 is 5.32 Å². The maximum absolute atomic E-state index is 12.0. The minimum absolute atomic E-state index is 0.0231. The second-order valence-electron chi connectivity index (χ2n) is 4.64. The van der Waals surface area contributed by atoms with Crippen molar-refractivity contribution in [3.63, 3.8) is 0 Å². The molecule has 1 saturated heterocycles. The summed E-state index contributed by atoms with van der Waals surface area (Å²) in [5.41, 5.74) is 0. The van der Waals surface area contributed by atoms with Crippen molar-refractivity contribution in [3.05, 3.63) is 0 Å². The first-order valence-corrected chi connectivity index (χ1v) is 6.61. The van der Waals surface area contributed by atoms with Gasteiger partial charge in [0.05, 0.1) is 12.0 Å². The highest BCUT2D eigenvalue weighted by molar-refractivity contribution is 6.18. The van der Waals surface area contributed by atoms with Crippen LogP contribution in [-0.4, -0.2) is 30.5 Å². The Morgan fingerprint density at radius 2 is 2.25 bits per heavy atom. The van der Waals surface area contributed by atoms with Crippen LogP contribution in [-0.2, 0) is 9.53 Å². The molecule has 1 N–H and O–H groups in total. The minimum atomic E-state index is 0.0231. The molecule has 1 heterocycles. The fraction of sp³-hybridized carbons (Fsp3) is 0.917. The van der Waals surface area contributed by atoms with Gasteiger partial charge in [-0.25, -0.2) is 0 Å². The summed E-state index contributed by atoms with van der Waals surface area (Å²) < 4.78 is 5.52. The van der Waals surface area contributed by atoms with Crippen molar-refractivity contribution in [2.24, 2.45) is 11.8 Å². The second kappa shape index (κ2) is 6.45. The molecule has 0 aromatic carbocycles. The summed E-state index contributed by atoms with van der Waals surface area (Å²) in [6.07, 6.45) is 1.84. The van der Waals surface area contributed by atoms with E-state index in [1.165, 1.54) is 0 Å². The molecule has 1 amide bonds. The summed E-state index contributed by atoms with van der Waals surface area (Å²) in [5, 5.41) is 3.03. The van der Waals surface area contributed by atoms with E-state index in [0.717, 1.165) is 12.8 Å². The zero-order valence-corrected chi connectivity index (χ0v) is 11.1. The van der Waals surface area contributed by atoms with Crippen LogP contribution in [0.25, 0.3) is 0 Å². The van der Waals surface area contributed by atoms with Crippen molar-refractivity contribution < 1.29 is 9.53 Å². The van der Waals surface area contributed by atoms with Crippen molar-refractivity contribution in [2.45, 2.75) is 45.8 Å². The number of halogens is 1. The van der Waals surface area contributed by atoms with E-state index >= 15 is 0 Å². The molecule has 0 spiro atoms.